The van der Waals surface area contributed by atoms with Crippen LogP contribution >= 0.6 is 23.1 Å². The third-order valence-corrected chi connectivity index (χ3v) is 5.02. The first-order valence-electron chi connectivity index (χ1n) is 5.15. The van der Waals surface area contributed by atoms with Gasteiger partial charge in [0.1, 0.15) is 4.21 Å². The van der Waals surface area contributed by atoms with Gasteiger partial charge in [0.05, 0.1) is 11.0 Å². The van der Waals surface area contributed by atoms with Crippen LogP contribution in [0, 0.1) is 16.0 Å². The van der Waals surface area contributed by atoms with Crippen LogP contribution in [0.1, 0.15) is 24.8 Å². The van der Waals surface area contributed by atoms with E-state index >= 15 is 0 Å². The van der Waals surface area contributed by atoms with E-state index in [2.05, 4.69) is 0 Å². The van der Waals surface area contributed by atoms with Crippen LogP contribution in [0.2, 0.25) is 0 Å². The summed E-state index contributed by atoms with van der Waals surface area (Å²) in [4.78, 5) is 11.0. The molecule has 0 bridgehead atoms. The van der Waals surface area contributed by atoms with E-state index < -0.39 is 11.0 Å². The Balaban J connectivity index is 2.85. The van der Waals surface area contributed by atoms with Gasteiger partial charge in [0.2, 0.25) is 0 Å². The minimum absolute atomic E-state index is 0.0426. The smallest absolute Gasteiger partial charge is 0.294 e. The fraction of sp³-hybridized carbons (Fsp3) is 0.600. The minimum Gasteiger partial charge on any atom is -0.396 e. The van der Waals surface area contributed by atoms with Crippen molar-refractivity contribution in [3.63, 3.8) is 0 Å². The highest BCUT2D eigenvalue weighted by Gasteiger charge is 2.21. The number of rotatable bonds is 6. The molecule has 1 aromatic rings. The lowest BCUT2D eigenvalue weighted by Crippen LogP contribution is -2.03. The monoisotopic (exact) mass is 277 g/mol. The Hall–Kier alpha value is -0.630. The molecule has 2 atom stereocenters. The van der Waals surface area contributed by atoms with E-state index in [0.29, 0.717) is 14.8 Å². The van der Waals surface area contributed by atoms with Gasteiger partial charge < -0.3 is 10.2 Å². The van der Waals surface area contributed by atoms with Crippen molar-refractivity contribution in [3.8, 4) is 0 Å². The molecule has 0 aromatic carbocycles. The van der Waals surface area contributed by atoms with Crippen molar-refractivity contribution in [2.75, 3.05) is 12.4 Å². The second kappa shape index (κ2) is 6.34. The molecular formula is C10H15NO4S2. The first-order valence-corrected chi connectivity index (χ1v) is 6.95. The summed E-state index contributed by atoms with van der Waals surface area (Å²) in [7, 11) is 0. The standard InChI is InChI=1S/C10H15NO4S2/c1-6(4-12)5-16-10-8(11(14)15)3-9(17-10)7(2)13/h3,6-7,12-13H,4-5H2,1-2H3. The van der Waals surface area contributed by atoms with Crippen LogP contribution < -0.4 is 0 Å². The Morgan fingerprint density at radius 2 is 2.24 bits per heavy atom. The van der Waals surface area contributed by atoms with Gasteiger partial charge in [-0.2, -0.15) is 0 Å². The third kappa shape index (κ3) is 3.95. The molecule has 2 N–H and O–H groups in total. The predicted molar refractivity (Wildman–Crippen MR) is 68.6 cm³/mol. The Morgan fingerprint density at radius 1 is 1.59 bits per heavy atom. The van der Waals surface area contributed by atoms with Crippen LogP contribution in [0.25, 0.3) is 0 Å². The van der Waals surface area contributed by atoms with E-state index in [0.717, 1.165) is 0 Å². The van der Waals surface area contributed by atoms with Crippen LogP contribution in [0.15, 0.2) is 10.3 Å². The van der Waals surface area contributed by atoms with Crippen molar-refractivity contribution in [1.82, 2.24) is 0 Å². The third-order valence-electron chi connectivity index (χ3n) is 2.12. The molecule has 0 aliphatic carbocycles. The molecule has 1 aromatic heterocycles. The lowest BCUT2D eigenvalue weighted by molar-refractivity contribution is -0.387. The molecule has 1 rings (SSSR count). The Kier molecular flexibility index (Phi) is 5.38. The molecule has 1 heterocycles. The SMILES string of the molecule is CC(CO)CSc1sc(C(C)O)cc1[N+](=O)[O-]. The highest BCUT2D eigenvalue weighted by molar-refractivity contribution is 8.01. The maximum absolute atomic E-state index is 10.8. The molecule has 96 valence electrons. The molecule has 0 aliphatic rings. The zero-order chi connectivity index (χ0) is 13.0. The number of hydrogen-bond donors (Lipinski definition) is 2. The molecule has 0 amide bonds. The number of hydrogen-bond acceptors (Lipinski definition) is 6. The van der Waals surface area contributed by atoms with Crippen molar-refractivity contribution in [2.24, 2.45) is 5.92 Å². The number of aliphatic hydroxyl groups is 2. The predicted octanol–water partition coefficient (Wildman–Crippen LogP) is 2.43. The average molecular weight is 277 g/mol. The number of nitro groups is 1. The molecule has 5 nitrogen and oxygen atoms in total. The second-order valence-electron chi connectivity index (χ2n) is 3.85. The maximum Gasteiger partial charge on any atom is 0.294 e. The number of aliphatic hydroxyl groups excluding tert-OH is 2. The lowest BCUT2D eigenvalue weighted by atomic mass is 10.2. The van der Waals surface area contributed by atoms with Gasteiger partial charge in [-0.25, -0.2) is 0 Å². The topological polar surface area (TPSA) is 83.6 Å². The number of thioether (sulfide) groups is 1. The summed E-state index contributed by atoms with van der Waals surface area (Å²) >= 11 is 2.59. The van der Waals surface area contributed by atoms with E-state index in [1.807, 2.05) is 6.92 Å². The highest BCUT2D eigenvalue weighted by Crippen LogP contribution is 2.40. The normalized spacial score (nSPS) is 14.6. The summed E-state index contributed by atoms with van der Waals surface area (Å²) in [5.74, 6) is 0.716. The number of nitrogens with zero attached hydrogens (tertiary/aromatic N) is 1. The number of thiophene rings is 1. The largest absolute Gasteiger partial charge is 0.396 e. The minimum atomic E-state index is -0.691. The molecule has 0 fully saturated rings. The van der Waals surface area contributed by atoms with Crippen molar-refractivity contribution < 1.29 is 15.1 Å². The van der Waals surface area contributed by atoms with Crippen molar-refractivity contribution in [1.29, 1.82) is 0 Å². The molecular weight excluding hydrogens is 262 g/mol. The van der Waals surface area contributed by atoms with Crippen LogP contribution in [0.4, 0.5) is 5.69 Å². The summed E-state index contributed by atoms with van der Waals surface area (Å²) in [5.41, 5.74) is 0.0426. The van der Waals surface area contributed by atoms with E-state index in [9.17, 15) is 15.2 Å². The van der Waals surface area contributed by atoms with Crippen LogP contribution in [0.5, 0.6) is 0 Å². The molecule has 17 heavy (non-hydrogen) atoms. The van der Waals surface area contributed by atoms with Crippen LogP contribution in [0.3, 0.4) is 0 Å². The Morgan fingerprint density at radius 3 is 2.71 bits per heavy atom. The highest BCUT2D eigenvalue weighted by atomic mass is 32.2. The van der Waals surface area contributed by atoms with Gasteiger partial charge in [-0.05, 0) is 12.8 Å². The van der Waals surface area contributed by atoms with Gasteiger partial charge >= 0.3 is 0 Å². The first kappa shape index (κ1) is 14.4. The molecule has 7 heteroatoms. The van der Waals surface area contributed by atoms with Gasteiger partial charge in [0.15, 0.2) is 0 Å². The van der Waals surface area contributed by atoms with Gasteiger partial charge in [0.25, 0.3) is 5.69 Å². The zero-order valence-corrected chi connectivity index (χ0v) is 11.3. The van der Waals surface area contributed by atoms with Gasteiger partial charge in [0, 0.05) is 23.3 Å². The fourth-order valence-corrected chi connectivity index (χ4v) is 3.43. The molecule has 0 saturated heterocycles. The van der Waals surface area contributed by atoms with E-state index in [4.69, 9.17) is 5.11 Å². The lowest BCUT2D eigenvalue weighted by Gasteiger charge is -2.04. The molecule has 2 unspecified atom stereocenters. The van der Waals surface area contributed by atoms with Crippen molar-refractivity contribution >= 4 is 28.8 Å². The van der Waals surface area contributed by atoms with E-state index in [1.54, 1.807) is 6.92 Å². The van der Waals surface area contributed by atoms with Crippen molar-refractivity contribution in [3.05, 3.63) is 21.1 Å². The fourth-order valence-electron chi connectivity index (χ4n) is 1.09. The summed E-state index contributed by atoms with van der Waals surface area (Å²) in [6, 6.07) is 1.42. The quantitative estimate of drug-likeness (QED) is 0.474. The van der Waals surface area contributed by atoms with Crippen LogP contribution in [-0.2, 0) is 0 Å². The maximum atomic E-state index is 10.8. The zero-order valence-electron chi connectivity index (χ0n) is 9.62. The Bertz CT molecular complexity index is 392. The second-order valence-corrected chi connectivity index (χ2v) is 6.23. The van der Waals surface area contributed by atoms with E-state index in [-0.39, 0.29) is 18.2 Å². The van der Waals surface area contributed by atoms with Crippen molar-refractivity contribution in [2.45, 2.75) is 24.2 Å². The molecule has 0 radical (unpaired) electrons. The summed E-state index contributed by atoms with van der Waals surface area (Å²) in [5, 5.41) is 29.1. The molecule has 0 aliphatic heterocycles. The molecule has 0 saturated carbocycles. The van der Waals surface area contributed by atoms with E-state index in [1.165, 1.54) is 29.2 Å². The first-order chi connectivity index (χ1) is 7.95. The Labute approximate surface area is 108 Å². The molecule has 0 spiro atoms. The van der Waals surface area contributed by atoms with Crippen LogP contribution in [-0.4, -0.2) is 27.5 Å². The van der Waals surface area contributed by atoms with Gasteiger partial charge in [-0.1, -0.05) is 6.92 Å². The summed E-state index contributed by atoms with van der Waals surface area (Å²) in [6.45, 7) is 3.53. The summed E-state index contributed by atoms with van der Waals surface area (Å²) < 4.78 is 0.589. The summed E-state index contributed by atoms with van der Waals surface area (Å²) in [6.07, 6.45) is -0.691. The van der Waals surface area contributed by atoms with Gasteiger partial charge in [-0.15, -0.1) is 23.1 Å². The average Bonchev–Trinajstić information content (AvgIpc) is 2.70. The van der Waals surface area contributed by atoms with Gasteiger partial charge in [-0.3, -0.25) is 10.1 Å².